The van der Waals surface area contributed by atoms with E-state index in [1.165, 1.54) is 16.0 Å². The zero-order valence-electron chi connectivity index (χ0n) is 18.9. The van der Waals surface area contributed by atoms with Gasteiger partial charge < -0.3 is 19.3 Å². The number of hydrogen-bond donors (Lipinski definition) is 0. The second-order valence-electron chi connectivity index (χ2n) is 8.51. The molecule has 1 aliphatic heterocycles. The van der Waals surface area contributed by atoms with Crippen LogP contribution in [-0.4, -0.2) is 68.0 Å². The second kappa shape index (κ2) is 10.6. The standard InChI is InChI=1S/C24H34N2O5/c1-4-31-24(29)17-10-12-26(13-11-17)23(28)16-25(2)22(27)15-19-7-5-6-18-14-20(30-3)8-9-21(18)19/h8-9,14,17,19H,4-7,10-13,15-16H2,1-3H3. The topological polar surface area (TPSA) is 76.2 Å². The number of amides is 2. The fourth-order valence-electron chi connectivity index (χ4n) is 4.61. The number of carbonyl (C=O) groups is 3. The van der Waals surface area contributed by atoms with Gasteiger partial charge in [0, 0.05) is 26.6 Å². The highest BCUT2D eigenvalue weighted by atomic mass is 16.5. The van der Waals surface area contributed by atoms with Crippen molar-refractivity contribution in [1.82, 2.24) is 9.80 Å². The van der Waals surface area contributed by atoms with E-state index >= 15 is 0 Å². The van der Waals surface area contributed by atoms with Crippen molar-refractivity contribution in [2.45, 2.75) is 51.4 Å². The summed E-state index contributed by atoms with van der Waals surface area (Å²) in [6.45, 7) is 3.31. The number of benzene rings is 1. The van der Waals surface area contributed by atoms with Gasteiger partial charge in [-0.15, -0.1) is 0 Å². The third kappa shape index (κ3) is 5.77. The molecule has 0 saturated carbocycles. The van der Waals surface area contributed by atoms with Crippen LogP contribution in [0, 0.1) is 5.92 Å². The minimum atomic E-state index is -0.174. The summed E-state index contributed by atoms with van der Waals surface area (Å²) in [7, 11) is 3.36. The van der Waals surface area contributed by atoms with Gasteiger partial charge in [-0.2, -0.15) is 0 Å². The highest BCUT2D eigenvalue weighted by molar-refractivity contribution is 5.85. The first-order valence-corrected chi connectivity index (χ1v) is 11.3. The lowest BCUT2D eigenvalue weighted by Gasteiger charge is -2.32. The summed E-state index contributed by atoms with van der Waals surface area (Å²) in [6, 6.07) is 6.10. The number of ether oxygens (including phenoxy) is 2. The molecular formula is C24H34N2O5. The first-order valence-electron chi connectivity index (χ1n) is 11.3. The van der Waals surface area contributed by atoms with Crippen molar-refractivity contribution >= 4 is 17.8 Å². The van der Waals surface area contributed by atoms with Crippen LogP contribution in [0.2, 0.25) is 0 Å². The smallest absolute Gasteiger partial charge is 0.309 e. The van der Waals surface area contributed by atoms with E-state index in [-0.39, 0.29) is 36.2 Å². The van der Waals surface area contributed by atoms with Crippen LogP contribution in [0.1, 0.15) is 56.1 Å². The highest BCUT2D eigenvalue weighted by Gasteiger charge is 2.30. The van der Waals surface area contributed by atoms with E-state index in [0.29, 0.717) is 39.0 Å². The number of likely N-dealkylation sites (tertiary alicyclic amines) is 1. The maximum Gasteiger partial charge on any atom is 0.309 e. The van der Waals surface area contributed by atoms with Gasteiger partial charge in [-0.05, 0) is 68.2 Å². The van der Waals surface area contributed by atoms with Crippen LogP contribution >= 0.6 is 0 Å². The fourth-order valence-corrected chi connectivity index (χ4v) is 4.61. The van der Waals surface area contributed by atoms with E-state index in [1.54, 1.807) is 26.0 Å². The molecule has 0 bridgehead atoms. The number of piperidine rings is 1. The molecule has 0 aromatic heterocycles. The van der Waals surface area contributed by atoms with Crippen molar-refractivity contribution in [3.05, 3.63) is 29.3 Å². The molecule has 1 unspecified atom stereocenters. The predicted octanol–water partition coefficient (Wildman–Crippen LogP) is 2.77. The summed E-state index contributed by atoms with van der Waals surface area (Å²) in [5, 5.41) is 0. The van der Waals surface area contributed by atoms with E-state index in [1.807, 2.05) is 6.07 Å². The van der Waals surface area contributed by atoms with E-state index in [4.69, 9.17) is 9.47 Å². The maximum atomic E-state index is 12.8. The zero-order chi connectivity index (χ0) is 22.4. The van der Waals surface area contributed by atoms with Crippen LogP contribution in [0.15, 0.2) is 18.2 Å². The Morgan fingerprint density at radius 2 is 1.90 bits per heavy atom. The SMILES string of the molecule is CCOC(=O)C1CCN(C(=O)CN(C)C(=O)CC2CCCc3cc(OC)ccc32)CC1. The second-order valence-corrected chi connectivity index (χ2v) is 8.51. The number of likely N-dealkylation sites (N-methyl/N-ethyl adjacent to an activating group) is 1. The van der Waals surface area contributed by atoms with Gasteiger partial charge >= 0.3 is 5.97 Å². The number of esters is 1. The monoisotopic (exact) mass is 430 g/mol. The van der Waals surface area contributed by atoms with Crippen molar-refractivity contribution in [2.24, 2.45) is 5.92 Å². The van der Waals surface area contributed by atoms with Crippen LogP contribution in [0.5, 0.6) is 5.75 Å². The predicted molar refractivity (Wildman–Crippen MR) is 117 cm³/mol. The molecule has 1 saturated heterocycles. The summed E-state index contributed by atoms with van der Waals surface area (Å²) in [4.78, 5) is 40.7. The maximum absolute atomic E-state index is 12.8. The van der Waals surface area contributed by atoms with E-state index in [0.717, 1.165) is 25.0 Å². The van der Waals surface area contributed by atoms with Gasteiger partial charge in [-0.25, -0.2) is 0 Å². The van der Waals surface area contributed by atoms with Crippen LogP contribution < -0.4 is 4.74 Å². The number of methoxy groups -OCH3 is 1. The minimum absolute atomic E-state index is 0.0107. The summed E-state index contributed by atoms with van der Waals surface area (Å²) in [5.74, 6) is 0.649. The molecule has 1 aromatic rings. The van der Waals surface area contributed by atoms with Crippen LogP contribution in [0.3, 0.4) is 0 Å². The Hall–Kier alpha value is -2.57. The minimum Gasteiger partial charge on any atom is -0.497 e. The summed E-state index contributed by atoms with van der Waals surface area (Å²) in [6.07, 6.45) is 4.68. The molecule has 2 amide bonds. The molecule has 1 aliphatic carbocycles. The normalized spacial score (nSPS) is 18.8. The Morgan fingerprint density at radius 3 is 2.58 bits per heavy atom. The number of rotatable bonds is 7. The molecule has 1 fully saturated rings. The molecule has 1 heterocycles. The molecule has 0 N–H and O–H groups in total. The van der Waals surface area contributed by atoms with Crippen LogP contribution in [0.25, 0.3) is 0 Å². The van der Waals surface area contributed by atoms with Crippen molar-refractivity contribution in [1.29, 1.82) is 0 Å². The van der Waals surface area contributed by atoms with Crippen LogP contribution in [-0.2, 0) is 25.5 Å². The Morgan fingerprint density at radius 1 is 1.16 bits per heavy atom. The average molecular weight is 431 g/mol. The molecule has 0 radical (unpaired) electrons. The first kappa shape index (κ1) is 23.1. The van der Waals surface area contributed by atoms with Gasteiger partial charge in [0.2, 0.25) is 11.8 Å². The van der Waals surface area contributed by atoms with E-state index in [9.17, 15) is 14.4 Å². The molecule has 2 aliphatic rings. The third-order valence-corrected chi connectivity index (χ3v) is 6.48. The number of nitrogens with zero attached hydrogens (tertiary/aromatic N) is 2. The van der Waals surface area contributed by atoms with E-state index < -0.39 is 0 Å². The molecule has 31 heavy (non-hydrogen) atoms. The van der Waals surface area contributed by atoms with Gasteiger partial charge in [0.15, 0.2) is 0 Å². The first-order chi connectivity index (χ1) is 14.9. The Kier molecular flexibility index (Phi) is 7.93. The number of fused-ring (bicyclic) bond motifs is 1. The quantitative estimate of drug-likeness (QED) is 0.622. The zero-order valence-corrected chi connectivity index (χ0v) is 18.9. The third-order valence-electron chi connectivity index (χ3n) is 6.48. The Labute approximate surface area is 184 Å². The molecule has 3 rings (SSSR count). The van der Waals surface area contributed by atoms with Gasteiger partial charge in [0.05, 0.1) is 26.2 Å². The van der Waals surface area contributed by atoms with Crippen molar-refractivity contribution in [2.75, 3.05) is 40.4 Å². The molecule has 7 nitrogen and oxygen atoms in total. The molecule has 170 valence electrons. The lowest BCUT2D eigenvalue weighted by atomic mass is 9.81. The summed E-state index contributed by atoms with van der Waals surface area (Å²) < 4.78 is 10.4. The van der Waals surface area contributed by atoms with Crippen molar-refractivity contribution in [3.8, 4) is 5.75 Å². The lowest BCUT2D eigenvalue weighted by molar-refractivity contribution is -0.151. The van der Waals surface area contributed by atoms with Crippen molar-refractivity contribution in [3.63, 3.8) is 0 Å². The largest absolute Gasteiger partial charge is 0.497 e. The molecule has 1 aromatic carbocycles. The van der Waals surface area contributed by atoms with Gasteiger partial charge in [0.25, 0.3) is 0 Å². The highest BCUT2D eigenvalue weighted by Crippen LogP contribution is 2.36. The Bertz CT molecular complexity index is 801. The molecular weight excluding hydrogens is 396 g/mol. The van der Waals surface area contributed by atoms with Gasteiger partial charge in [-0.3, -0.25) is 14.4 Å². The van der Waals surface area contributed by atoms with Gasteiger partial charge in [-0.1, -0.05) is 6.07 Å². The number of carbonyl (C=O) groups excluding carboxylic acids is 3. The molecule has 7 heteroatoms. The Balaban J connectivity index is 1.50. The summed E-state index contributed by atoms with van der Waals surface area (Å²) in [5.41, 5.74) is 2.48. The van der Waals surface area contributed by atoms with Crippen LogP contribution in [0.4, 0.5) is 0 Å². The number of aryl methyl sites for hydroxylation is 1. The lowest BCUT2D eigenvalue weighted by Crippen LogP contribution is -2.45. The van der Waals surface area contributed by atoms with E-state index in [2.05, 4.69) is 12.1 Å². The summed E-state index contributed by atoms with van der Waals surface area (Å²) >= 11 is 0. The van der Waals surface area contributed by atoms with Gasteiger partial charge in [0.1, 0.15) is 5.75 Å². The van der Waals surface area contributed by atoms with Crippen molar-refractivity contribution < 1.29 is 23.9 Å². The molecule has 1 atom stereocenters. The fraction of sp³-hybridized carbons (Fsp3) is 0.625. The number of hydrogen-bond acceptors (Lipinski definition) is 5. The molecule has 0 spiro atoms. The average Bonchev–Trinajstić information content (AvgIpc) is 2.79.